The largest absolute Gasteiger partial charge is 0.364 e. The summed E-state index contributed by atoms with van der Waals surface area (Å²) in [6.07, 6.45) is 4.77. The zero-order valence-electron chi connectivity index (χ0n) is 17.1. The molecule has 4 N–H and O–H groups in total. The lowest BCUT2D eigenvalue weighted by atomic mass is 9.67. The molecular weight excluding hydrogens is 444 g/mol. The Labute approximate surface area is 187 Å². The molecule has 0 atom stereocenters. The molecule has 1 aromatic heterocycles. The number of carbonyl (C=O) groups excluding carboxylic acids is 3. The van der Waals surface area contributed by atoms with Gasteiger partial charge in [0.05, 0.1) is 17.0 Å². The second kappa shape index (κ2) is 8.50. The predicted molar refractivity (Wildman–Crippen MR) is 112 cm³/mol. The van der Waals surface area contributed by atoms with Gasteiger partial charge in [0.2, 0.25) is 5.91 Å². The molecule has 3 amide bonds. The van der Waals surface area contributed by atoms with Crippen LogP contribution in [0.3, 0.4) is 0 Å². The molecule has 8 nitrogen and oxygen atoms in total. The number of halogens is 3. The third-order valence-corrected chi connectivity index (χ3v) is 6.70. The Morgan fingerprint density at radius 2 is 1.91 bits per heavy atom. The molecule has 1 saturated heterocycles. The topological polar surface area (TPSA) is 121 Å². The summed E-state index contributed by atoms with van der Waals surface area (Å²) in [5.41, 5.74) is 4.64. The van der Waals surface area contributed by atoms with Crippen molar-refractivity contribution < 1.29 is 23.2 Å². The molecule has 2 fully saturated rings. The lowest BCUT2D eigenvalue weighted by Crippen LogP contribution is -2.52. The molecular formula is C21H22ClF2N5O3. The summed E-state index contributed by atoms with van der Waals surface area (Å²) < 4.78 is 27.3. The summed E-state index contributed by atoms with van der Waals surface area (Å²) in [4.78, 5) is 45.1. The Hall–Kier alpha value is -3.01. The molecule has 0 unspecified atom stereocenters. The first kappa shape index (κ1) is 22.2. The lowest BCUT2D eigenvalue weighted by Gasteiger charge is -2.45. The fourth-order valence-electron chi connectivity index (χ4n) is 4.71. The van der Waals surface area contributed by atoms with Crippen LogP contribution in [0.5, 0.6) is 0 Å². The average molecular weight is 466 g/mol. The van der Waals surface area contributed by atoms with Crippen LogP contribution in [-0.2, 0) is 4.79 Å². The highest BCUT2D eigenvalue weighted by molar-refractivity contribution is 6.33. The van der Waals surface area contributed by atoms with Crippen molar-refractivity contribution >= 4 is 35.0 Å². The number of rotatable bonds is 4. The van der Waals surface area contributed by atoms with E-state index in [0.29, 0.717) is 45.1 Å². The van der Waals surface area contributed by atoms with E-state index in [4.69, 9.17) is 17.3 Å². The molecule has 1 aliphatic carbocycles. The number of H-pyrrole nitrogens is 1. The number of amides is 3. The number of imidazole rings is 1. The first-order valence-electron chi connectivity index (χ1n) is 10.3. The number of piperidine rings is 1. The second-order valence-electron chi connectivity index (χ2n) is 8.30. The van der Waals surface area contributed by atoms with Gasteiger partial charge in [0.25, 0.3) is 11.8 Å². The molecule has 1 saturated carbocycles. The Kier molecular flexibility index (Phi) is 5.89. The number of anilines is 1. The van der Waals surface area contributed by atoms with Gasteiger partial charge in [-0.3, -0.25) is 14.4 Å². The minimum Gasteiger partial charge on any atom is -0.364 e. The Morgan fingerprint density at radius 3 is 2.59 bits per heavy atom. The van der Waals surface area contributed by atoms with Crippen LogP contribution in [0.15, 0.2) is 18.5 Å². The third-order valence-electron chi connectivity index (χ3n) is 6.39. The Morgan fingerprint density at radius 1 is 1.22 bits per heavy atom. The molecule has 4 rings (SSSR count). The minimum atomic E-state index is -1.06. The van der Waals surface area contributed by atoms with Gasteiger partial charge in [0.15, 0.2) is 17.3 Å². The molecule has 1 aliphatic heterocycles. The first-order valence-corrected chi connectivity index (χ1v) is 10.7. The van der Waals surface area contributed by atoms with Crippen LogP contribution in [-0.4, -0.2) is 40.3 Å². The smallest absolute Gasteiger partial charge is 0.270 e. The number of benzene rings is 1. The van der Waals surface area contributed by atoms with E-state index in [0.717, 1.165) is 12.1 Å². The van der Waals surface area contributed by atoms with Gasteiger partial charge in [-0.15, -0.1) is 0 Å². The van der Waals surface area contributed by atoms with Crippen molar-refractivity contribution in [3.8, 4) is 0 Å². The fourth-order valence-corrected chi connectivity index (χ4v) is 4.96. The Bertz CT molecular complexity index is 1080. The number of aromatic amines is 1. The van der Waals surface area contributed by atoms with Crippen molar-refractivity contribution in [2.45, 2.75) is 44.6 Å². The van der Waals surface area contributed by atoms with Gasteiger partial charge < -0.3 is 20.9 Å². The summed E-state index contributed by atoms with van der Waals surface area (Å²) in [6, 6.07) is 1.65. The highest BCUT2D eigenvalue weighted by Crippen LogP contribution is 2.46. The summed E-state index contributed by atoms with van der Waals surface area (Å²) in [7, 11) is 0. The number of nitrogens with two attached hydrogens (primary N) is 1. The van der Waals surface area contributed by atoms with Crippen LogP contribution in [0.2, 0.25) is 5.02 Å². The minimum absolute atomic E-state index is 0.00526. The molecule has 0 radical (unpaired) electrons. The zero-order chi connectivity index (χ0) is 23.0. The van der Waals surface area contributed by atoms with Gasteiger partial charge in [0.1, 0.15) is 5.69 Å². The van der Waals surface area contributed by atoms with E-state index < -0.39 is 28.9 Å². The maximum Gasteiger partial charge on any atom is 0.270 e. The van der Waals surface area contributed by atoms with Crippen molar-refractivity contribution in [3.05, 3.63) is 46.5 Å². The quantitative estimate of drug-likeness (QED) is 0.601. The van der Waals surface area contributed by atoms with Gasteiger partial charge >= 0.3 is 0 Å². The summed E-state index contributed by atoms with van der Waals surface area (Å²) >= 11 is 6.10. The van der Waals surface area contributed by atoms with Crippen molar-refractivity contribution in [1.29, 1.82) is 0 Å². The highest BCUT2D eigenvalue weighted by atomic mass is 35.5. The van der Waals surface area contributed by atoms with Crippen molar-refractivity contribution in [2.75, 3.05) is 11.4 Å². The third kappa shape index (κ3) is 3.94. The number of carbonyl (C=O) groups is 3. The van der Waals surface area contributed by atoms with Gasteiger partial charge in [-0.05, 0) is 44.6 Å². The van der Waals surface area contributed by atoms with Gasteiger partial charge in [-0.25, -0.2) is 13.8 Å². The van der Waals surface area contributed by atoms with Gasteiger partial charge in [0, 0.05) is 24.1 Å². The zero-order valence-corrected chi connectivity index (χ0v) is 17.8. The van der Waals surface area contributed by atoms with Crippen LogP contribution in [0.4, 0.5) is 14.5 Å². The van der Waals surface area contributed by atoms with E-state index in [-0.39, 0.29) is 34.0 Å². The fraction of sp³-hybridized carbons (Fsp3) is 0.429. The van der Waals surface area contributed by atoms with E-state index in [1.165, 1.54) is 11.2 Å². The van der Waals surface area contributed by atoms with Crippen LogP contribution in [0.25, 0.3) is 0 Å². The second-order valence-corrected chi connectivity index (χ2v) is 8.70. The van der Waals surface area contributed by atoms with Crippen molar-refractivity contribution in [1.82, 2.24) is 15.3 Å². The molecule has 1 spiro atoms. The lowest BCUT2D eigenvalue weighted by molar-refractivity contribution is -0.132. The van der Waals surface area contributed by atoms with E-state index >= 15 is 0 Å². The number of hydrogen-bond donors (Lipinski definition) is 3. The monoisotopic (exact) mass is 465 g/mol. The van der Waals surface area contributed by atoms with Crippen molar-refractivity contribution in [3.63, 3.8) is 0 Å². The first-order chi connectivity index (χ1) is 15.2. The number of primary amides is 1. The molecule has 32 heavy (non-hydrogen) atoms. The van der Waals surface area contributed by atoms with Gasteiger partial charge in [-0.1, -0.05) is 11.6 Å². The number of hydrogen-bond acceptors (Lipinski definition) is 4. The van der Waals surface area contributed by atoms with Crippen LogP contribution in [0.1, 0.15) is 59.5 Å². The molecule has 2 aromatic rings. The summed E-state index contributed by atoms with van der Waals surface area (Å²) in [5, 5.41) is 2.85. The van der Waals surface area contributed by atoms with Crippen LogP contribution >= 0.6 is 11.6 Å². The standard InChI is InChI=1S/C21H22ClF2N5O3/c22-12-8-13(23)14(24)9-15(12)29-7-1-4-21(20(29)32)5-2-11(3-6-21)28-19(31)17-16(18(25)30)26-10-27-17/h8-11H,1-7H2,(H2,25,30)(H,26,27)(H,28,31)/t11-,21-. The molecule has 170 valence electrons. The highest BCUT2D eigenvalue weighted by Gasteiger charge is 2.47. The SMILES string of the molecule is NC(=O)c1nc[nH]c1C(=O)N[C@H]1CC[C@@]2(CCCN(c3cc(F)c(F)cc3Cl)C2=O)CC1. The average Bonchev–Trinajstić information content (AvgIpc) is 3.25. The predicted octanol–water partition coefficient (Wildman–Crippen LogP) is 2.93. The maximum atomic E-state index is 13.8. The van der Waals surface area contributed by atoms with Crippen LogP contribution in [0, 0.1) is 17.0 Å². The maximum absolute atomic E-state index is 13.8. The van der Waals surface area contributed by atoms with Crippen LogP contribution < -0.4 is 16.0 Å². The number of aromatic nitrogens is 2. The molecule has 0 bridgehead atoms. The molecule has 2 aliphatic rings. The number of nitrogens with zero attached hydrogens (tertiary/aromatic N) is 2. The van der Waals surface area contributed by atoms with Crippen molar-refractivity contribution in [2.24, 2.45) is 11.1 Å². The normalized spacial score (nSPS) is 23.4. The van der Waals surface area contributed by atoms with Gasteiger partial charge in [-0.2, -0.15) is 0 Å². The molecule has 1 aromatic carbocycles. The molecule has 2 heterocycles. The van der Waals surface area contributed by atoms with E-state index in [2.05, 4.69) is 15.3 Å². The Balaban J connectivity index is 1.45. The van der Waals surface area contributed by atoms with E-state index in [1.54, 1.807) is 0 Å². The number of nitrogens with one attached hydrogen (secondary N) is 2. The van der Waals surface area contributed by atoms with E-state index in [9.17, 15) is 23.2 Å². The molecule has 11 heteroatoms. The van der Waals surface area contributed by atoms with E-state index in [1.807, 2.05) is 0 Å². The summed E-state index contributed by atoms with van der Waals surface area (Å²) in [5.74, 6) is -3.57. The summed E-state index contributed by atoms with van der Waals surface area (Å²) in [6.45, 7) is 0.376.